The monoisotopic (exact) mass is 359 g/mol. The molecular weight excluding hydrogens is 342 g/mol. The first-order valence-corrected chi connectivity index (χ1v) is 8.45. The predicted octanol–water partition coefficient (Wildman–Crippen LogP) is 4.72. The molecule has 0 spiro atoms. The molecule has 0 radical (unpaired) electrons. The standard InChI is InChI=1S/C22H17NO4/c24-17-7-1-14(2-8-17)13-20-21(15-3-9-18(25)10-4-15)23-27-22(20)16-5-11-19(26)12-6-16/h1-12,24-26H,13H2. The minimum absolute atomic E-state index is 0.178. The van der Waals surface area contributed by atoms with Gasteiger partial charge in [-0.3, -0.25) is 0 Å². The molecule has 0 fully saturated rings. The maximum atomic E-state index is 9.55. The van der Waals surface area contributed by atoms with E-state index in [0.29, 0.717) is 17.9 Å². The zero-order valence-electron chi connectivity index (χ0n) is 14.3. The number of rotatable bonds is 4. The van der Waals surface area contributed by atoms with Crippen LogP contribution in [0.4, 0.5) is 0 Å². The highest BCUT2D eigenvalue weighted by atomic mass is 16.5. The Balaban J connectivity index is 1.82. The Morgan fingerprint density at radius 1 is 0.630 bits per heavy atom. The van der Waals surface area contributed by atoms with Gasteiger partial charge in [0.15, 0.2) is 5.76 Å². The molecule has 3 aromatic carbocycles. The van der Waals surface area contributed by atoms with Crippen molar-refractivity contribution in [2.45, 2.75) is 6.42 Å². The van der Waals surface area contributed by atoms with Crippen LogP contribution in [0.2, 0.25) is 0 Å². The quantitative estimate of drug-likeness (QED) is 0.491. The summed E-state index contributed by atoms with van der Waals surface area (Å²) in [4.78, 5) is 0. The van der Waals surface area contributed by atoms with Crippen molar-refractivity contribution >= 4 is 0 Å². The molecule has 1 aromatic heterocycles. The summed E-state index contributed by atoms with van der Waals surface area (Å²) in [5.74, 6) is 1.19. The van der Waals surface area contributed by atoms with Crippen LogP contribution in [0.1, 0.15) is 11.1 Å². The van der Waals surface area contributed by atoms with Crippen molar-refractivity contribution in [3.63, 3.8) is 0 Å². The average Bonchev–Trinajstić information content (AvgIpc) is 3.08. The molecule has 5 heteroatoms. The van der Waals surface area contributed by atoms with E-state index in [9.17, 15) is 15.3 Å². The van der Waals surface area contributed by atoms with Gasteiger partial charge in [0.05, 0.1) is 0 Å². The molecule has 0 saturated carbocycles. The number of benzene rings is 3. The first-order valence-electron chi connectivity index (χ1n) is 8.45. The summed E-state index contributed by atoms with van der Waals surface area (Å²) in [6, 6.07) is 20.5. The van der Waals surface area contributed by atoms with Gasteiger partial charge >= 0.3 is 0 Å². The van der Waals surface area contributed by atoms with E-state index >= 15 is 0 Å². The van der Waals surface area contributed by atoms with Gasteiger partial charge in [0, 0.05) is 23.1 Å². The van der Waals surface area contributed by atoms with Crippen molar-refractivity contribution in [2.75, 3.05) is 0 Å². The van der Waals surface area contributed by atoms with Crippen LogP contribution in [-0.4, -0.2) is 20.5 Å². The Bertz CT molecular complexity index is 986. The largest absolute Gasteiger partial charge is 0.508 e. The third-order valence-corrected chi connectivity index (χ3v) is 4.38. The number of hydrogen-bond donors (Lipinski definition) is 3. The summed E-state index contributed by atoms with van der Waals surface area (Å²) in [6.45, 7) is 0. The van der Waals surface area contributed by atoms with E-state index in [-0.39, 0.29) is 17.2 Å². The minimum Gasteiger partial charge on any atom is -0.508 e. The van der Waals surface area contributed by atoms with E-state index in [1.54, 1.807) is 60.7 Å². The van der Waals surface area contributed by atoms with Gasteiger partial charge in [-0.05, 0) is 66.2 Å². The summed E-state index contributed by atoms with van der Waals surface area (Å²) < 4.78 is 5.66. The highest BCUT2D eigenvalue weighted by Gasteiger charge is 2.19. The molecule has 4 rings (SSSR count). The maximum Gasteiger partial charge on any atom is 0.171 e. The Morgan fingerprint density at radius 3 is 1.67 bits per heavy atom. The van der Waals surface area contributed by atoms with Gasteiger partial charge in [-0.1, -0.05) is 17.3 Å². The van der Waals surface area contributed by atoms with E-state index in [2.05, 4.69) is 5.16 Å². The molecule has 134 valence electrons. The van der Waals surface area contributed by atoms with Gasteiger partial charge in [-0.2, -0.15) is 0 Å². The number of hydrogen-bond acceptors (Lipinski definition) is 5. The Morgan fingerprint density at radius 2 is 1.11 bits per heavy atom. The van der Waals surface area contributed by atoms with E-state index in [1.807, 2.05) is 12.1 Å². The number of aromatic nitrogens is 1. The van der Waals surface area contributed by atoms with Crippen molar-refractivity contribution in [3.05, 3.63) is 83.9 Å². The molecule has 0 aliphatic rings. The molecule has 0 unspecified atom stereocenters. The predicted molar refractivity (Wildman–Crippen MR) is 102 cm³/mol. The van der Waals surface area contributed by atoms with Crippen LogP contribution in [-0.2, 0) is 6.42 Å². The summed E-state index contributed by atoms with van der Waals surface area (Å²) >= 11 is 0. The molecule has 4 aromatic rings. The second kappa shape index (κ2) is 6.88. The number of phenols is 3. The van der Waals surface area contributed by atoms with Crippen molar-refractivity contribution in [2.24, 2.45) is 0 Å². The van der Waals surface area contributed by atoms with Crippen LogP contribution in [0.5, 0.6) is 17.2 Å². The summed E-state index contributed by atoms with van der Waals surface area (Å²) in [6.07, 6.45) is 0.552. The van der Waals surface area contributed by atoms with Crippen molar-refractivity contribution in [1.82, 2.24) is 5.16 Å². The fourth-order valence-electron chi connectivity index (χ4n) is 2.98. The lowest BCUT2D eigenvalue weighted by atomic mass is 9.96. The Kier molecular flexibility index (Phi) is 4.26. The van der Waals surface area contributed by atoms with Crippen LogP contribution in [0.25, 0.3) is 22.6 Å². The van der Waals surface area contributed by atoms with Crippen molar-refractivity contribution < 1.29 is 19.8 Å². The molecule has 0 aliphatic heterocycles. The molecule has 27 heavy (non-hydrogen) atoms. The summed E-state index contributed by atoms with van der Waals surface area (Å²) in [7, 11) is 0. The molecule has 3 N–H and O–H groups in total. The fraction of sp³-hybridized carbons (Fsp3) is 0.0455. The maximum absolute atomic E-state index is 9.55. The summed E-state index contributed by atoms with van der Waals surface area (Å²) in [5.41, 5.74) is 4.20. The van der Waals surface area contributed by atoms with Crippen LogP contribution >= 0.6 is 0 Å². The highest BCUT2D eigenvalue weighted by molar-refractivity contribution is 5.73. The van der Waals surface area contributed by atoms with Crippen LogP contribution in [0.15, 0.2) is 77.3 Å². The van der Waals surface area contributed by atoms with Gasteiger partial charge in [-0.25, -0.2) is 0 Å². The van der Waals surface area contributed by atoms with Gasteiger partial charge in [0.2, 0.25) is 0 Å². The van der Waals surface area contributed by atoms with Gasteiger partial charge in [0.1, 0.15) is 22.9 Å². The minimum atomic E-state index is 0.178. The topological polar surface area (TPSA) is 86.7 Å². The van der Waals surface area contributed by atoms with Gasteiger partial charge in [-0.15, -0.1) is 0 Å². The van der Waals surface area contributed by atoms with Crippen molar-refractivity contribution in [3.8, 4) is 39.8 Å². The molecule has 0 atom stereocenters. The van der Waals surface area contributed by atoms with Crippen LogP contribution in [0.3, 0.4) is 0 Å². The highest BCUT2D eigenvalue weighted by Crippen LogP contribution is 2.35. The summed E-state index contributed by atoms with van der Waals surface area (Å²) in [5, 5.41) is 32.9. The van der Waals surface area contributed by atoms with Gasteiger partial charge in [0.25, 0.3) is 0 Å². The first kappa shape index (κ1) is 16.7. The number of aromatic hydroxyl groups is 3. The molecule has 0 bridgehead atoms. The normalized spacial score (nSPS) is 10.8. The molecule has 0 amide bonds. The third-order valence-electron chi connectivity index (χ3n) is 4.38. The van der Waals surface area contributed by atoms with Gasteiger partial charge < -0.3 is 19.8 Å². The number of phenolic OH excluding ortho intramolecular Hbond substituents is 3. The van der Waals surface area contributed by atoms with Crippen molar-refractivity contribution in [1.29, 1.82) is 0 Å². The number of nitrogens with zero attached hydrogens (tertiary/aromatic N) is 1. The molecular formula is C22H17NO4. The fourth-order valence-corrected chi connectivity index (χ4v) is 2.98. The van der Waals surface area contributed by atoms with E-state index in [1.165, 1.54) is 0 Å². The molecule has 0 saturated heterocycles. The Hall–Kier alpha value is -3.73. The van der Waals surface area contributed by atoms with E-state index in [0.717, 1.165) is 22.3 Å². The van der Waals surface area contributed by atoms with Crippen LogP contribution in [0, 0.1) is 0 Å². The SMILES string of the molecule is Oc1ccc(Cc2c(-c3ccc(O)cc3)noc2-c2ccc(O)cc2)cc1. The first-order chi connectivity index (χ1) is 13.1. The average molecular weight is 359 g/mol. The Labute approximate surface area is 155 Å². The second-order valence-electron chi connectivity index (χ2n) is 6.28. The molecule has 5 nitrogen and oxygen atoms in total. The second-order valence-corrected chi connectivity index (χ2v) is 6.28. The lowest BCUT2D eigenvalue weighted by Crippen LogP contribution is -1.92. The van der Waals surface area contributed by atoms with Crippen LogP contribution < -0.4 is 0 Å². The molecule has 0 aliphatic carbocycles. The van der Waals surface area contributed by atoms with E-state index < -0.39 is 0 Å². The lowest BCUT2D eigenvalue weighted by molar-refractivity contribution is 0.434. The molecule has 1 heterocycles. The zero-order chi connectivity index (χ0) is 18.8. The van der Waals surface area contributed by atoms with E-state index in [4.69, 9.17) is 4.52 Å². The smallest absolute Gasteiger partial charge is 0.171 e. The lowest BCUT2D eigenvalue weighted by Gasteiger charge is -2.06. The third kappa shape index (κ3) is 3.48. The zero-order valence-corrected chi connectivity index (χ0v) is 14.3.